The summed E-state index contributed by atoms with van der Waals surface area (Å²) in [5.74, 6) is 0. The number of nitrogens with zero attached hydrogens (tertiary/aromatic N) is 1. The average Bonchev–Trinajstić information content (AvgIpc) is 2.75. The number of hydrogen-bond acceptors (Lipinski definition) is 2. The molecule has 0 radical (unpaired) electrons. The fraction of sp³-hybridized carbons (Fsp3) is 0.0417. The van der Waals surface area contributed by atoms with E-state index in [1.165, 1.54) is 0 Å². The van der Waals surface area contributed by atoms with Crippen molar-refractivity contribution in [3.63, 3.8) is 0 Å². The van der Waals surface area contributed by atoms with Gasteiger partial charge in [-0.2, -0.15) is 0 Å². The van der Waals surface area contributed by atoms with Crippen molar-refractivity contribution >= 4 is 0 Å². The Hall–Kier alpha value is -3.23. The highest BCUT2D eigenvalue weighted by atomic mass is 16.3. The van der Waals surface area contributed by atoms with Gasteiger partial charge in [-0.05, 0) is 40.5 Å². The van der Waals surface area contributed by atoms with Crippen LogP contribution >= 0.6 is 0 Å². The van der Waals surface area contributed by atoms with Gasteiger partial charge in [-0.3, -0.25) is 4.98 Å². The lowest BCUT2D eigenvalue weighted by Crippen LogP contribution is -2.02. The molecule has 0 aliphatic heterocycles. The fourth-order valence-electron chi connectivity index (χ4n) is 3.16. The van der Waals surface area contributed by atoms with E-state index in [2.05, 4.69) is 29.2 Å². The molecule has 1 N–H and O–H groups in total. The predicted molar refractivity (Wildman–Crippen MR) is 106 cm³/mol. The molecule has 0 saturated heterocycles. The van der Waals surface area contributed by atoms with Gasteiger partial charge in [0.25, 0.3) is 0 Å². The zero-order valence-corrected chi connectivity index (χ0v) is 14.3. The van der Waals surface area contributed by atoms with E-state index < -0.39 is 6.10 Å². The van der Waals surface area contributed by atoms with Crippen LogP contribution in [0.25, 0.3) is 22.4 Å². The van der Waals surface area contributed by atoms with Crippen molar-refractivity contribution in [1.82, 2.24) is 4.98 Å². The maximum absolute atomic E-state index is 11.0. The number of rotatable bonds is 4. The molecule has 0 aliphatic rings. The Balaban J connectivity index is 1.86. The van der Waals surface area contributed by atoms with E-state index in [1.54, 1.807) is 6.20 Å². The minimum absolute atomic E-state index is 0.696. The molecular formula is C24H19NO. The van der Waals surface area contributed by atoms with Gasteiger partial charge in [-0.15, -0.1) is 0 Å². The average molecular weight is 337 g/mol. The minimum atomic E-state index is -0.696. The van der Waals surface area contributed by atoms with Gasteiger partial charge in [0, 0.05) is 11.8 Å². The summed E-state index contributed by atoms with van der Waals surface area (Å²) in [5.41, 5.74) is 5.78. The van der Waals surface area contributed by atoms with Gasteiger partial charge in [0.05, 0.1) is 5.69 Å². The topological polar surface area (TPSA) is 33.1 Å². The minimum Gasteiger partial charge on any atom is -0.384 e. The third-order valence-corrected chi connectivity index (χ3v) is 4.51. The standard InChI is InChI=1S/C24H19NO/c26-24(19-11-5-2-6-12-19)21-15-14-20(18-9-3-1-4-10-18)17-22(21)23-13-7-8-16-25-23/h1-17,24,26H. The SMILES string of the molecule is OC(c1ccccc1)c1ccc(-c2ccccc2)cc1-c1ccccn1. The summed E-state index contributed by atoms with van der Waals surface area (Å²) < 4.78 is 0. The molecule has 0 fully saturated rings. The highest BCUT2D eigenvalue weighted by molar-refractivity contribution is 5.74. The second kappa shape index (κ2) is 7.34. The van der Waals surface area contributed by atoms with Crippen LogP contribution in [0.4, 0.5) is 0 Å². The molecule has 126 valence electrons. The lowest BCUT2D eigenvalue weighted by atomic mass is 9.91. The van der Waals surface area contributed by atoms with Crippen LogP contribution in [0.3, 0.4) is 0 Å². The van der Waals surface area contributed by atoms with Crippen molar-refractivity contribution in [2.75, 3.05) is 0 Å². The molecule has 0 amide bonds. The van der Waals surface area contributed by atoms with E-state index in [-0.39, 0.29) is 0 Å². The van der Waals surface area contributed by atoms with Gasteiger partial charge in [0.1, 0.15) is 6.10 Å². The molecule has 1 atom stereocenters. The molecule has 2 heteroatoms. The first-order chi connectivity index (χ1) is 12.8. The van der Waals surface area contributed by atoms with Crippen LogP contribution in [0.15, 0.2) is 103 Å². The van der Waals surface area contributed by atoms with Crippen molar-refractivity contribution in [3.8, 4) is 22.4 Å². The van der Waals surface area contributed by atoms with Gasteiger partial charge in [0.15, 0.2) is 0 Å². The Morgan fingerprint density at radius 1 is 0.654 bits per heavy atom. The van der Waals surface area contributed by atoms with E-state index in [0.29, 0.717) is 0 Å². The molecule has 0 aliphatic carbocycles. The first-order valence-corrected chi connectivity index (χ1v) is 8.67. The van der Waals surface area contributed by atoms with Crippen molar-refractivity contribution in [2.45, 2.75) is 6.10 Å². The highest BCUT2D eigenvalue weighted by Crippen LogP contribution is 2.34. The second-order valence-electron chi connectivity index (χ2n) is 6.20. The van der Waals surface area contributed by atoms with Gasteiger partial charge in [-0.1, -0.05) is 78.9 Å². The van der Waals surface area contributed by atoms with Crippen molar-refractivity contribution in [2.24, 2.45) is 0 Å². The van der Waals surface area contributed by atoms with Crippen molar-refractivity contribution in [1.29, 1.82) is 0 Å². The molecule has 0 saturated carbocycles. The largest absolute Gasteiger partial charge is 0.384 e. The third kappa shape index (κ3) is 3.28. The Kier molecular flexibility index (Phi) is 4.59. The van der Waals surface area contributed by atoms with Crippen LogP contribution in [0.5, 0.6) is 0 Å². The van der Waals surface area contributed by atoms with Gasteiger partial charge >= 0.3 is 0 Å². The number of benzene rings is 3. The maximum atomic E-state index is 11.0. The van der Waals surface area contributed by atoms with Crippen LogP contribution in [0.1, 0.15) is 17.2 Å². The fourth-order valence-corrected chi connectivity index (χ4v) is 3.16. The normalized spacial score (nSPS) is 11.9. The van der Waals surface area contributed by atoms with E-state index >= 15 is 0 Å². The molecule has 0 bridgehead atoms. The van der Waals surface area contributed by atoms with E-state index in [1.807, 2.05) is 72.8 Å². The summed E-state index contributed by atoms with van der Waals surface area (Å²) in [5, 5.41) is 11.0. The zero-order chi connectivity index (χ0) is 17.8. The Labute approximate surface area is 153 Å². The molecule has 1 heterocycles. The molecule has 4 rings (SSSR count). The van der Waals surface area contributed by atoms with Crippen LogP contribution in [0.2, 0.25) is 0 Å². The summed E-state index contributed by atoms with van der Waals surface area (Å²) >= 11 is 0. The molecule has 1 aromatic heterocycles. The van der Waals surface area contributed by atoms with E-state index in [4.69, 9.17) is 0 Å². The molecule has 26 heavy (non-hydrogen) atoms. The van der Waals surface area contributed by atoms with Crippen LogP contribution in [-0.2, 0) is 0 Å². The first kappa shape index (κ1) is 16.2. The Morgan fingerprint density at radius 2 is 1.35 bits per heavy atom. The Morgan fingerprint density at radius 3 is 2.04 bits per heavy atom. The maximum Gasteiger partial charge on any atom is 0.105 e. The number of aromatic nitrogens is 1. The molecule has 1 unspecified atom stereocenters. The number of aliphatic hydroxyl groups is 1. The van der Waals surface area contributed by atoms with Gasteiger partial charge < -0.3 is 5.11 Å². The highest BCUT2D eigenvalue weighted by Gasteiger charge is 2.17. The molecule has 2 nitrogen and oxygen atoms in total. The number of aliphatic hydroxyl groups excluding tert-OH is 1. The third-order valence-electron chi connectivity index (χ3n) is 4.51. The van der Waals surface area contributed by atoms with E-state index in [0.717, 1.165) is 33.5 Å². The van der Waals surface area contributed by atoms with Crippen molar-refractivity contribution in [3.05, 3.63) is 114 Å². The smallest absolute Gasteiger partial charge is 0.105 e. The molecule has 3 aromatic carbocycles. The quantitative estimate of drug-likeness (QED) is 0.533. The lowest BCUT2D eigenvalue weighted by molar-refractivity contribution is 0.221. The van der Waals surface area contributed by atoms with Crippen LogP contribution < -0.4 is 0 Å². The molecule has 0 spiro atoms. The number of pyridine rings is 1. The Bertz CT molecular complexity index is 982. The van der Waals surface area contributed by atoms with E-state index in [9.17, 15) is 5.11 Å². The number of hydrogen-bond donors (Lipinski definition) is 1. The lowest BCUT2D eigenvalue weighted by Gasteiger charge is -2.17. The monoisotopic (exact) mass is 337 g/mol. The summed E-state index contributed by atoms with van der Waals surface area (Å²) in [6, 6.07) is 32.0. The van der Waals surface area contributed by atoms with Crippen LogP contribution in [0, 0.1) is 0 Å². The summed E-state index contributed by atoms with van der Waals surface area (Å²) in [4.78, 5) is 4.51. The summed E-state index contributed by atoms with van der Waals surface area (Å²) in [6.45, 7) is 0. The second-order valence-corrected chi connectivity index (χ2v) is 6.20. The summed E-state index contributed by atoms with van der Waals surface area (Å²) in [7, 11) is 0. The van der Waals surface area contributed by atoms with Gasteiger partial charge in [-0.25, -0.2) is 0 Å². The predicted octanol–water partition coefficient (Wildman–Crippen LogP) is 5.50. The zero-order valence-electron chi connectivity index (χ0n) is 14.3. The first-order valence-electron chi connectivity index (χ1n) is 8.67. The summed E-state index contributed by atoms with van der Waals surface area (Å²) in [6.07, 6.45) is 1.08. The molecular weight excluding hydrogens is 318 g/mol. The van der Waals surface area contributed by atoms with Gasteiger partial charge in [0.2, 0.25) is 0 Å². The van der Waals surface area contributed by atoms with Crippen LogP contribution in [-0.4, -0.2) is 10.1 Å². The van der Waals surface area contributed by atoms with Crippen molar-refractivity contribution < 1.29 is 5.11 Å². The molecule has 4 aromatic rings.